The van der Waals surface area contributed by atoms with E-state index in [1.807, 2.05) is 97.1 Å². The number of rotatable bonds is 8. The fraction of sp³-hybridized carbons (Fsp3) is 0.0741. The van der Waals surface area contributed by atoms with E-state index in [9.17, 15) is 0 Å². The number of halogens is 1. The minimum Gasteiger partial charge on any atom is -0.493 e. The number of hydrogen-bond acceptors (Lipinski definition) is 4. The van der Waals surface area contributed by atoms with Crippen molar-refractivity contribution in [3.63, 3.8) is 0 Å². The molecule has 4 nitrogen and oxygen atoms in total. The van der Waals surface area contributed by atoms with Crippen molar-refractivity contribution in [1.82, 2.24) is 0 Å². The van der Waals surface area contributed by atoms with E-state index >= 15 is 0 Å². The van der Waals surface area contributed by atoms with Crippen LogP contribution in [0.4, 0.5) is 5.69 Å². The van der Waals surface area contributed by atoms with E-state index in [1.165, 1.54) is 0 Å². The summed E-state index contributed by atoms with van der Waals surface area (Å²) < 4.78 is 18.2. The lowest BCUT2D eigenvalue weighted by Gasteiger charge is -2.13. The third-order valence-electron chi connectivity index (χ3n) is 4.66. The lowest BCUT2D eigenvalue weighted by molar-refractivity contribution is 0.282. The Kier molecular flexibility index (Phi) is 7.20. The molecule has 0 aliphatic rings. The number of benzene rings is 4. The van der Waals surface area contributed by atoms with Crippen LogP contribution in [0.5, 0.6) is 23.0 Å². The Morgan fingerprint density at radius 1 is 0.812 bits per heavy atom. The molecule has 0 N–H and O–H groups in total. The molecule has 0 spiro atoms. The smallest absolute Gasteiger partial charge is 0.175 e. The minimum atomic E-state index is 0.459. The number of hydrogen-bond donors (Lipinski definition) is 0. The molecule has 160 valence electrons. The molecule has 0 atom stereocenters. The zero-order valence-corrected chi connectivity index (χ0v) is 19.2. The molecular weight excluding hydrogens is 466 g/mol. The van der Waals surface area contributed by atoms with Crippen molar-refractivity contribution in [2.75, 3.05) is 7.11 Å². The summed E-state index contributed by atoms with van der Waals surface area (Å²) in [5, 5.41) is 0. The van der Waals surface area contributed by atoms with Crippen LogP contribution >= 0.6 is 15.9 Å². The standard InChI is InChI=1S/C27H22BrNO3/c1-30-26-17-21(16-25(28)27(26)31-19-20-8-4-2-5-9-20)18-29-22-12-14-24(15-13-22)32-23-10-6-3-7-11-23/h2-18H,19H2,1H3. The first kappa shape index (κ1) is 21.7. The van der Waals surface area contributed by atoms with Gasteiger partial charge in [-0.1, -0.05) is 48.5 Å². The summed E-state index contributed by atoms with van der Waals surface area (Å²) in [5.41, 5.74) is 2.81. The van der Waals surface area contributed by atoms with Crippen molar-refractivity contribution in [3.05, 3.63) is 113 Å². The number of ether oxygens (including phenoxy) is 3. The first-order valence-electron chi connectivity index (χ1n) is 10.1. The van der Waals surface area contributed by atoms with Gasteiger partial charge in [0.2, 0.25) is 0 Å². The zero-order valence-electron chi connectivity index (χ0n) is 17.6. The minimum absolute atomic E-state index is 0.459. The Balaban J connectivity index is 1.44. The van der Waals surface area contributed by atoms with Gasteiger partial charge in [0.15, 0.2) is 11.5 Å². The van der Waals surface area contributed by atoms with E-state index < -0.39 is 0 Å². The fourth-order valence-corrected chi connectivity index (χ4v) is 3.63. The largest absolute Gasteiger partial charge is 0.493 e. The van der Waals surface area contributed by atoms with Crippen LogP contribution in [0.15, 0.2) is 107 Å². The van der Waals surface area contributed by atoms with Gasteiger partial charge in [0.1, 0.15) is 18.1 Å². The summed E-state index contributed by atoms with van der Waals surface area (Å²) in [6.07, 6.45) is 1.79. The summed E-state index contributed by atoms with van der Waals surface area (Å²) in [4.78, 5) is 4.57. The van der Waals surface area contributed by atoms with Gasteiger partial charge in [-0.2, -0.15) is 0 Å². The highest BCUT2D eigenvalue weighted by Gasteiger charge is 2.11. The van der Waals surface area contributed by atoms with Gasteiger partial charge in [0.05, 0.1) is 17.3 Å². The van der Waals surface area contributed by atoms with Crippen LogP contribution in [0.1, 0.15) is 11.1 Å². The van der Waals surface area contributed by atoms with Crippen molar-refractivity contribution in [2.45, 2.75) is 6.61 Å². The number of methoxy groups -OCH3 is 1. The van der Waals surface area contributed by atoms with Crippen LogP contribution in [0.3, 0.4) is 0 Å². The third kappa shape index (κ3) is 5.77. The molecule has 5 heteroatoms. The summed E-state index contributed by atoms with van der Waals surface area (Å²) in [6.45, 7) is 0.459. The Morgan fingerprint density at radius 3 is 2.16 bits per heavy atom. The quantitative estimate of drug-likeness (QED) is 0.240. The third-order valence-corrected chi connectivity index (χ3v) is 5.25. The molecule has 0 saturated carbocycles. The van der Waals surface area contributed by atoms with Crippen molar-refractivity contribution >= 4 is 27.8 Å². The lowest BCUT2D eigenvalue weighted by atomic mass is 10.2. The van der Waals surface area contributed by atoms with Gasteiger partial charge in [-0.15, -0.1) is 0 Å². The summed E-state index contributed by atoms with van der Waals surface area (Å²) in [7, 11) is 1.63. The molecule has 0 aromatic heterocycles. The SMILES string of the molecule is COc1cc(C=Nc2ccc(Oc3ccccc3)cc2)cc(Br)c1OCc1ccccc1. The summed E-state index contributed by atoms with van der Waals surface area (Å²) >= 11 is 3.60. The second kappa shape index (κ2) is 10.6. The van der Waals surface area contributed by atoms with Gasteiger partial charge in [-0.25, -0.2) is 0 Å². The summed E-state index contributed by atoms with van der Waals surface area (Å²) in [6, 6.07) is 31.2. The van der Waals surface area contributed by atoms with Crippen LogP contribution in [-0.4, -0.2) is 13.3 Å². The number of nitrogens with zero attached hydrogens (tertiary/aromatic N) is 1. The highest BCUT2D eigenvalue weighted by molar-refractivity contribution is 9.10. The molecule has 4 rings (SSSR count). The average molecular weight is 488 g/mol. The molecule has 0 amide bonds. The zero-order chi connectivity index (χ0) is 22.2. The Morgan fingerprint density at radius 2 is 1.47 bits per heavy atom. The Labute approximate surface area is 196 Å². The molecule has 4 aromatic carbocycles. The van der Waals surface area contributed by atoms with E-state index in [4.69, 9.17) is 14.2 Å². The van der Waals surface area contributed by atoms with Crippen LogP contribution in [0.25, 0.3) is 0 Å². The van der Waals surface area contributed by atoms with E-state index in [1.54, 1.807) is 13.3 Å². The summed E-state index contributed by atoms with van der Waals surface area (Å²) in [5.74, 6) is 2.87. The molecule has 0 fully saturated rings. The fourth-order valence-electron chi connectivity index (χ4n) is 3.06. The Hall–Kier alpha value is -3.57. The molecule has 32 heavy (non-hydrogen) atoms. The van der Waals surface area contributed by atoms with Crippen LogP contribution in [0, 0.1) is 0 Å². The van der Waals surface area contributed by atoms with E-state index in [0.717, 1.165) is 32.8 Å². The highest BCUT2D eigenvalue weighted by Crippen LogP contribution is 2.37. The molecule has 0 aliphatic heterocycles. The van der Waals surface area contributed by atoms with E-state index in [-0.39, 0.29) is 0 Å². The maximum absolute atomic E-state index is 5.99. The normalized spacial score (nSPS) is 10.8. The lowest BCUT2D eigenvalue weighted by Crippen LogP contribution is -1.99. The topological polar surface area (TPSA) is 40.0 Å². The van der Waals surface area contributed by atoms with Gasteiger partial charge in [-0.05, 0) is 75.6 Å². The number of aliphatic imine (C=N–C) groups is 1. The molecule has 0 unspecified atom stereocenters. The monoisotopic (exact) mass is 487 g/mol. The predicted molar refractivity (Wildman–Crippen MR) is 132 cm³/mol. The van der Waals surface area contributed by atoms with Crippen molar-refractivity contribution in [3.8, 4) is 23.0 Å². The van der Waals surface area contributed by atoms with Crippen LogP contribution in [-0.2, 0) is 6.61 Å². The van der Waals surface area contributed by atoms with Gasteiger partial charge in [0, 0.05) is 6.21 Å². The number of para-hydroxylation sites is 1. The molecule has 0 saturated heterocycles. The molecular formula is C27H22BrNO3. The van der Waals surface area contributed by atoms with Gasteiger partial charge in [-0.3, -0.25) is 4.99 Å². The predicted octanol–water partition coefficient (Wildman–Crippen LogP) is 7.58. The first-order valence-corrected chi connectivity index (χ1v) is 10.9. The van der Waals surface area contributed by atoms with E-state index in [2.05, 4.69) is 20.9 Å². The second-order valence-corrected chi connectivity index (χ2v) is 7.83. The first-order chi connectivity index (χ1) is 15.7. The highest BCUT2D eigenvalue weighted by atomic mass is 79.9. The molecule has 0 radical (unpaired) electrons. The van der Waals surface area contributed by atoms with Crippen LogP contribution < -0.4 is 14.2 Å². The van der Waals surface area contributed by atoms with Gasteiger partial charge < -0.3 is 14.2 Å². The van der Waals surface area contributed by atoms with Crippen molar-refractivity contribution in [2.24, 2.45) is 4.99 Å². The maximum Gasteiger partial charge on any atom is 0.175 e. The molecule has 4 aromatic rings. The maximum atomic E-state index is 5.99. The van der Waals surface area contributed by atoms with Gasteiger partial charge >= 0.3 is 0 Å². The Bertz CT molecular complexity index is 1180. The van der Waals surface area contributed by atoms with Crippen molar-refractivity contribution in [1.29, 1.82) is 0 Å². The van der Waals surface area contributed by atoms with Crippen LogP contribution in [0.2, 0.25) is 0 Å². The molecule has 0 aliphatic carbocycles. The second-order valence-electron chi connectivity index (χ2n) is 6.98. The van der Waals surface area contributed by atoms with Crippen molar-refractivity contribution < 1.29 is 14.2 Å². The molecule has 0 heterocycles. The average Bonchev–Trinajstić information content (AvgIpc) is 2.84. The van der Waals surface area contributed by atoms with Gasteiger partial charge in [0.25, 0.3) is 0 Å². The van der Waals surface area contributed by atoms with E-state index in [0.29, 0.717) is 18.1 Å². The molecule has 0 bridgehead atoms.